The lowest BCUT2D eigenvalue weighted by Crippen LogP contribution is -2.39. The summed E-state index contributed by atoms with van der Waals surface area (Å²) in [6.45, 7) is 3.95. The molecule has 0 aliphatic carbocycles. The third-order valence-corrected chi connectivity index (χ3v) is 2.03. The van der Waals surface area contributed by atoms with Crippen molar-refractivity contribution < 1.29 is 11.3 Å². The zero-order valence-corrected chi connectivity index (χ0v) is 8.47. The number of hydrogen-bond donors (Lipinski definition) is 2. The smallest absolute Gasteiger partial charge is 0.396 e. The van der Waals surface area contributed by atoms with E-state index in [0.717, 1.165) is 0 Å². The first kappa shape index (κ1) is 11.5. The van der Waals surface area contributed by atoms with Crippen LogP contribution < -0.4 is 10.6 Å². The monoisotopic (exact) mass is 208 g/mol. The van der Waals surface area contributed by atoms with Crippen LogP contribution in [-0.2, 0) is 0 Å². The first-order valence-corrected chi connectivity index (χ1v) is 4.71. The average Bonchev–Trinajstić information content (AvgIpc) is 2.26. The molecule has 1 radical (unpaired) electrons. The van der Waals surface area contributed by atoms with Crippen LogP contribution >= 0.6 is 0 Å². The molecule has 2 amide bonds. The molecule has 4 nitrogen and oxygen atoms in total. The van der Waals surface area contributed by atoms with Crippen molar-refractivity contribution in [2.45, 2.75) is 0 Å². The fourth-order valence-corrected chi connectivity index (χ4v) is 1.25. The number of rotatable bonds is 4. The maximum absolute atomic E-state index is 11.2. The summed E-state index contributed by atoms with van der Waals surface area (Å²) in [5, 5.41) is 8.87. The zero-order chi connectivity index (χ0) is 11.3. The molecular formula is C11H16N2O2+. The molecule has 1 atom stereocenters. The molecule has 0 saturated heterocycles. The van der Waals surface area contributed by atoms with Crippen LogP contribution in [0.5, 0.6) is 0 Å². The molecule has 0 aliphatic rings. The molecule has 4 heteroatoms. The van der Waals surface area contributed by atoms with Gasteiger partial charge in [0, 0.05) is 24.8 Å². The lowest BCUT2D eigenvalue weighted by atomic mass is 10.1. The number of carbonyl (C=O) groups is 1. The van der Waals surface area contributed by atoms with Gasteiger partial charge in [0.05, 0.1) is 0 Å². The molecule has 0 bridgehead atoms. The Morgan fingerprint density at radius 1 is 1.53 bits per heavy atom. The first-order valence-electron chi connectivity index (χ1n) is 4.71. The molecule has 1 rings (SSSR count). The van der Waals surface area contributed by atoms with E-state index in [1.807, 2.05) is 18.2 Å². The van der Waals surface area contributed by atoms with Crippen molar-refractivity contribution in [3.8, 4) is 0 Å². The average molecular weight is 208 g/mol. The number of hydrogen-bond acceptors (Lipinski definition) is 2. The summed E-state index contributed by atoms with van der Waals surface area (Å²) in [6.07, 6.45) is 0. The number of benzene rings is 1. The molecule has 1 aromatic rings. The van der Waals surface area contributed by atoms with Gasteiger partial charge in [-0.2, -0.15) is 0 Å². The van der Waals surface area contributed by atoms with Gasteiger partial charge in [0.1, 0.15) is 0 Å². The van der Waals surface area contributed by atoms with Gasteiger partial charge in [-0.1, -0.05) is 18.2 Å². The van der Waals surface area contributed by atoms with E-state index in [0.29, 0.717) is 12.2 Å². The number of amides is 2. The van der Waals surface area contributed by atoms with Gasteiger partial charge in [-0.25, -0.2) is 4.79 Å². The van der Waals surface area contributed by atoms with E-state index in [-0.39, 0.29) is 14.0 Å². The Labute approximate surface area is 90.8 Å². The van der Waals surface area contributed by atoms with Gasteiger partial charge >= 0.3 is 7.46 Å². The number of carbonyl (C=O) groups excluding carboxylic acids is 1. The van der Waals surface area contributed by atoms with Crippen molar-refractivity contribution in [1.29, 1.82) is 0 Å². The zero-order valence-electron chi connectivity index (χ0n) is 9.47. The van der Waals surface area contributed by atoms with E-state index in [9.17, 15) is 4.79 Å². The molecule has 0 saturated carbocycles. The minimum Gasteiger partial charge on any atom is -0.396 e. The van der Waals surface area contributed by atoms with Gasteiger partial charge in [-0.3, -0.25) is 4.90 Å². The lowest BCUT2D eigenvalue weighted by molar-refractivity contribution is 0.242. The largest absolute Gasteiger partial charge is 1.00 e. The number of anilines is 1. The third-order valence-electron chi connectivity index (χ3n) is 2.03. The highest BCUT2D eigenvalue weighted by molar-refractivity contribution is 5.90. The number of aliphatic hydroxyl groups is 1. The maximum Gasteiger partial charge on any atom is 1.00 e. The SMILES string of the molecule is [CH2]C(CO)CN(C(N)=O)c1ccccc1.[H+]. The number of primary amides is 1. The van der Waals surface area contributed by atoms with E-state index in [4.69, 9.17) is 10.8 Å². The molecular weight excluding hydrogens is 192 g/mol. The van der Waals surface area contributed by atoms with E-state index in [1.165, 1.54) is 4.90 Å². The molecule has 0 spiro atoms. The number of nitrogens with zero attached hydrogens (tertiary/aromatic N) is 1. The highest BCUT2D eigenvalue weighted by Gasteiger charge is 2.14. The Morgan fingerprint density at radius 3 is 2.60 bits per heavy atom. The minimum absolute atomic E-state index is 0. The fraction of sp³-hybridized carbons (Fsp3) is 0.273. The molecule has 1 unspecified atom stereocenters. The summed E-state index contributed by atoms with van der Waals surface area (Å²) in [6, 6.07) is 8.54. The molecule has 15 heavy (non-hydrogen) atoms. The van der Waals surface area contributed by atoms with Crippen LogP contribution in [0.3, 0.4) is 0 Å². The second-order valence-corrected chi connectivity index (χ2v) is 3.33. The quantitative estimate of drug-likeness (QED) is 0.778. The van der Waals surface area contributed by atoms with Crippen LogP contribution in [0.15, 0.2) is 30.3 Å². The van der Waals surface area contributed by atoms with Gasteiger partial charge in [0.25, 0.3) is 0 Å². The van der Waals surface area contributed by atoms with E-state index >= 15 is 0 Å². The number of aliphatic hydroxyl groups excluding tert-OH is 1. The molecule has 1 aromatic carbocycles. The summed E-state index contributed by atoms with van der Waals surface area (Å²) in [5.41, 5.74) is 5.96. The van der Waals surface area contributed by atoms with Gasteiger partial charge < -0.3 is 10.8 Å². The van der Waals surface area contributed by atoms with Gasteiger partial charge in [-0.15, -0.1) is 0 Å². The van der Waals surface area contributed by atoms with Crippen LogP contribution in [0.25, 0.3) is 0 Å². The Balaban J connectivity index is 0.00000225. The maximum atomic E-state index is 11.2. The summed E-state index contributed by atoms with van der Waals surface area (Å²) in [7, 11) is 0. The van der Waals surface area contributed by atoms with Crippen molar-refractivity contribution >= 4 is 11.7 Å². The van der Waals surface area contributed by atoms with Crippen LogP contribution in [0.1, 0.15) is 1.43 Å². The van der Waals surface area contributed by atoms with E-state index < -0.39 is 6.03 Å². The molecule has 0 heterocycles. The van der Waals surface area contributed by atoms with Crippen LogP contribution in [0.2, 0.25) is 0 Å². The first-order chi connectivity index (χ1) is 7.15. The number of para-hydroxylation sites is 1. The Bertz CT molecular complexity index is 319. The standard InChI is InChI=1S/C11H15N2O2/c1-9(8-14)7-13(11(12)15)10-5-3-2-4-6-10/h2-6,9,14H,1,7-8H2,(H2,12,15)/p+1. The second kappa shape index (κ2) is 5.36. The second-order valence-electron chi connectivity index (χ2n) is 3.33. The summed E-state index contributed by atoms with van der Waals surface area (Å²) >= 11 is 0. The van der Waals surface area contributed by atoms with Crippen LogP contribution in [0.4, 0.5) is 10.5 Å². The molecule has 0 aromatic heterocycles. The normalized spacial score (nSPS) is 12.1. The number of urea groups is 1. The fourth-order valence-electron chi connectivity index (χ4n) is 1.25. The van der Waals surface area contributed by atoms with Gasteiger partial charge in [0.15, 0.2) is 0 Å². The van der Waals surface area contributed by atoms with Gasteiger partial charge in [-0.05, 0) is 19.1 Å². The van der Waals surface area contributed by atoms with Crippen molar-refractivity contribution in [3.05, 3.63) is 37.3 Å². The Hall–Kier alpha value is -1.55. The molecule has 0 fully saturated rings. The highest BCUT2D eigenvalue weighted by Crippen LogP contribution is 2.14. The van der Waals surface area contributed by atoms with Crippen molar-refractivity contribution in [2.24, 2.45) is 11.7 Å². The van der Waals surface area contributed by atoms with Crippen LogP contribution in [0, 0.1) is 12.8 Å². The number of nitrogens with two attached hydrogens (primary N) is 1. The van der Waals surface area contributed by atoms with Crippen molar-refractivity contribution in [1.82, 2.24) is 0 Å². The molecule has 81 valence electrons. The lowest BCUT2D eigenvalue weighted by Gasteiger charge is -2.23. The third kappa shape index (κ3) is 3.25. The van der Waals surface area contributed by atoms with E-state index in [2.05, 4.69) is 6.92 Å². The van der Waals surface area contributed by atoms with Gasteiger partial charge in [0.2, 0.25) is 0 Å². The Morgan fingerprint density at radius 2 is 2.13 bits per heavy atom. The molecule has 0 aliphatic heterocycles. The van der Waals surface area contributed by atoms with Crippen molar-refractivity contribution in [2.75, 3.05) is 18.1 Å². The Kier molecular flexibility index (Phi) is 4.12. The predicted molar refractivity (Wildman–Crippen MR) is 60.4 cm³/mol. The summed E-state index contributed by atoms with van der Waals surface area (Å²) in [5.74, 6) is -0.238. The summed E-state index contributed by atoms with van der Waals surface area (Å²) in [4.78, 5) is 12.6. The highest BCUT2D eigenvalue weighted by atomic mass is 16.3. The summed E-state index contributed by atoms with van der Waals surface area (Å²) < 4.78 is 0. The van der Waals surface area contributed by atoms with Crippen LogP contribution in [-0.4, -0.2) is 24.3 Å². The minimum atomic E-state index is -0.539. The topological polar surface area (TPSA) is 66.6 Å². The van der Waals surface area contributed by atoms with Crippen molar-refractivity contribution in [3.63, 3.8) is 0 Å². The predicted octanol–water partition coefficient (Wildman–Crippen LogP) is 1.13. The van der Waals surface area contributed by atoms with E-state index in [1.54, 1.807) is 12.1 Å². The molecule has 3 N–H and O–H groups in total.